The van der Waals surface area contributed by atoms with Crippen molar-refractivity contribution in [1.82, 2.24) is 4.72 Å². The minimum atomic E-state index is -3.74. The van der Waals surface area contributed by atoms with Crippen LogP contribution in [-0.4, -0.2) is 34.7 Å². The Morgan fingerprint density at radius 2 is 1.56 bits per heavy atom. The number of unbranched alkanes of at least 4 members (excludes halogenated alkanes) is 1. The SMILES string of the molecule is CCCCS(=O)(=O)Nc1ccc(S(=O)(=O)NC(CC)(CC)CN)cc1. The van der Waals surface area contributed by atoms with Crippen LogP contribution in [0.25, 0.3) is 0 Å². The van der Waals surface area contributed by atoms with E-state index in [4.69, 9.17) is 5.73 Å². The van der Waals surface area contributed by atoms with E-state index in [1.165, 1.54) is 24.3 Å². The Morgan fingerprint density at radius 3 is 2.00 bits per heavy atom. The van der Waals surface area contributed by atoms with Crippen molar-refractivity contribution in [2.45, 2.75) is 56.9 Å². The molecule has 0 aliphatic rings. The van der Waals surface area contributed by atoms with Gasteiger partial charge in [-0.2, -0.15) is 0 Å². The number of hydrogen-bond acceptors (Lipinski definition) is 5. The Kier molecular flexibility index (Phi) is 7.86. The highest BCUT2D eigenvalue weighted by molar-refractivity contribution is 7.92. The summed E-state index contributed by atoms with van der Waals surface area (Å²) in [5.74, 6) is 0.0388. The summed E-state index contributed by atoms with van der Waals surface area (Å²) in [6.45, 7) is 5.88. The van der Waals surface area contributed by atoms with Crippen molar-refractivity contribution in [3.63, 3.8) is 0 Å². The summed E-state index contributed by atoms with van der Waals surface area (Å²) in [4.78, 5) is 0.0729. The monoisotopic (exact) mass is 391 g/mol. The Balaban J connectivity index is 2.95. The fourth-order valence-corrected chi connectivity index (χ4v) is 5.16. The molecular formula is C16H29N3O4S2. The number of rotatable bonds is 11. The lowest BCUT2D eigenvalue weighted by molar-refractivity contribution is 0.363. The molecule has 25 heavy (non-hydrogen) atoms. The van der Waals surface area contributed by atoms with Crippen LogP contribution in [0.15, 0.2) is 29.2 Å². The van der Waals surface area contributed by atoms with Gasteiger partial charge in [-0.05, 0) is 43.5 Å². The normalized spacial score (nSPS) is 13.0. The molecule has 1 aromatic rings. The molecule has 0 saturated heterocycles. The molecule has 0 heterocycles. The molecule has 144 valence electrons. The number of hydrogen-bond donors (Lipinski definition) is 3. The maximum absolute atomic E-state index is 12.6. The highest BCUT2D eigenvalue weighted by Crippen LogP contribution is 2.20. The number of nitrogens with two attached hydrogens (primary N) is 1. The second kappa shape index (κ2) is 8.98. The zero-order valence-corrected chi connectivity index (χ0v) is 16.7. The standard InChI is InChI=1S/C16H29N3O4S2/c1-4-7-12-24(20,21)18-14-8-10-15(11-9-14)25(22,23)19-16(5-2,6-3)13-17/h8-11,18-19H,4-7,12-13,17H2,1-3H3. The summed E-state index contributed by atoms with van der Waals surface area (Å²) in [5.41, 5.74) is 5.40. The van der Waals surface area contributed by atoms with Crippen molar-refractivity contribution in [3.8, 4) is 0 Å². The highest BCUT2D eigenvalue weighted by atomic mass is 32.2. The molecule has 0 amide bonds. The van der Waals surface area contributed by atoms with Crippen LogP contribution < -0.4 is 15.2 Å². The number of benzene rings is 1. The first kappa shape index (κ1) is 21.9. The molecule has 0 saturated carbocycles. The lowest BCUT2D eigenvalue weighted by atomic mass is 9.95. The molecular weight excluding hydrogens is 362 g/mol. The molecule has 0 unspecified atom stereocenters. The summed E-state index contributed by atoms with van der Waals surface area (Å²) < 4.78 is 54.0. The first-order valence-corrected chi connectivity index (χ1v) is 11.6. The van der Waals surface area contributed by atoms with Gasteiger partial charge < -0.3 is 5.73 Å². The zero-order chi connectivity index (χ0) is 19.1. The van der Waals surface area contributed by atoms with E-state index >= 15 is 0 Å². The van der Waals surface area contributed by atoms with Gasteiger partial charge in [-0.3, -0.25) is 4.72 Å². The van der Waals surface area contributed by atoms with Gasteiger partial charge in [0.2, 0.25) is 20.0 Å². The molecule has 1 aromatic carbocycles. The molecule has 1 rings (SSSR count). The Bertz CT molecular complexity index is 732. The molecule has 0 bridgehead atoms. The minimum absolute atomic E-state index is 0.0388. The average molecular weight is 392 g/mol. The third-order valence-corrected chi connectivity index (χ3v) is 7.27. The lowest BCUT2D eigenvalue weighted by Crippen LogP contribution is -2.52. The molecule has 9 heteroatoms. The number of anilines is 1. The molecule has 0 fully saturated rings. The van der Waals surface area contributed by atoms with E-state index in [9.17, 15) is 16.8 Å². The quantitative estimate of drug-likeness (QED) is 0.533. The fourth-order valence-electron chi connectivity index (χ4n) is 2.34. The summed E-state index contributed by atoms with van der Waals surface area (Å²) in [5, 5.41) is 0. The maximum Gasteiger partial charge on any atom is 0.241 e. The Morgan fingerprint density at radius 1 is 1.00 bits per heavy atom. The van der Waals surface area contributed by atoms with Gasteiger partial charge in [0, 0.05) is 17.8 Å². The van der Waals surface area contributed by atoms with Crippen LogP contribution in [-0.2, 0) is 20.0 Å². The second-order valence-corrected chi connectivity index (χ2v) is 9.62. The van der Waals surface area contributed by atoms with E-state index in [0.29, 0.717) is 24.9 Å². The van der Waals surface area contributed by atoms with Gasteiger partial charge >= 0.3 is 0 Å². The molecule has 0 aliphatic heterocycles. The second-order valence-electron chi connectivity index (χ2n) is 6.10. The van der Waals surface area contributed by atoms with Crippen molar-refractivity contribution < 1.29 is 16.8 Å². The topological polar surface area (TPSA) is 118 Å². The summed E-state index contributed by atoms with van der Waals surface area (Å²) in [7, 11) is -7.15. The first-order chi connectivity index (χ1) is 11.6. The van der Waals surface area contributed by atoms with Crippen molar-refractivity contribution in [3.05, 3.63) is 24.3 Å². The third-order valence-electron chi connectivity index (χ3n) is 4.30. The number of sulfonamides is 2. The largest absolute Gasteiger partial charge is 0.329 e. The van der Waals surface area contributed by atoms with Gasteiger partial charge in [0.25, 0.3) is 0 Å². The predicted octanol–water partition coefficient (Wildman–Crippen LogP) is 2.02. The van der Waals surface area contributed by atoms with E-state index in [0.717, 1.165) is 6.42 Å². The predicted molar refractivity (Wildman–Crippen MR) is 101 cm³/mol. The van der Waals surface area contributed by atoms with Crippen LogP contribution in [0.4, 0.5) is 5.69 Å². The van der Waals surface area contributed by atoms with Crippen molar-refractivity contribution in [1.29, 1.82) is 0 Å². The van der Waals surface area contributed by atoms with Gasteiger partial charge in [-0.1, -0.05) is 27.2 Å². The lowest BCUT2D eigenvalue weighted by Gasteiger charge is -2.31. The van der Waals surface area contributed by atoms with E-state index in [1.54, 1.807) is 0 Å². The van der Waals surface area contributed by atoms with Crippen LogP contribution in [0.5, 0.6) is 0 Å². The van der Waals surface area contributed by atoms with Crippen LogP contribution >= 0.6 is 0 Å². The van der Waals surface area contributed by atoms with Crippen LogP contribution in [0.1, 0.15) is 46.5 Å². The Labute approximate surface area is 151 Å². The van der Waals surface area contributed by atoms with Crippen molar-refractivity contribution >= 4 is 25.7 Å². The molecule has 4 N–H and O–H groups in total. The fraction of sp³-hybridized carbons (Fsp3) is 0.625. The smallest absolute Gasteiger partial charge is 0.241 e. The van der Waals surface area contributed by atoms with E-state index in [2.05, 4.69) is 9.44 Å². The van der Waals surface area contributed by atoms with Crippen molar-refractivity contribution in [2.24, 2.45) is 5.73 Å². The van der Waals surface area contributed by atoms with E-state index < -0.39 is 25.6 Å². The highest BCUT2D eigenvalue weighted by Gasteiger charge is 2.30. The van der Waals surface area contributed by atoms with Gasteiger partial charge in [-0.15, -0.1) is 0 Å². The summed E-state index contributed by atoms with van der Waals surface area (Å²) >= 11 is 0. The third kappa shape index (κ3) is 6.25. The molecule has 0 aliphatic carbocycles. The van der Waals surface area contributed by atoms with Gasteiger partial charge in [0.05, 0.1) is 10.6 Å². The Hall–Kier alpha value is -1.16. The zero-order valence-electron chi connectivity index (χ0n) is 15.1. The van der Waals surface area contributed by atoms with Gasteiger partial charge in [0.1, 0.15) is 0 Å². The average Bonchev–Trinajstić information content (AvgIpc) is 2.58. The molecule has 0 spiro atoms. The van der Waals surface area contributed by atoms with Crippen LogP contribution in [0, 0.1) is 0 Å². The number of nitrogens with one attached hydrogen (secondary N) is 2. The van der Waals surface area contributed by atoms with Gasteiger partial charge in [0.15, 0.2) is 0 Å². The van der Waals surface area contributed by atoms with E-state index in [-0.39, 0.29) is 17.2 Å². The maximum atomic E-state index is 12.6. The molecule has 0 aromatic heterocycles. The summed E-state index contributed by atoms with van der Waals surface area (Å²) in [6, 6.07) is 5.65. The molecule has 7 nitrogen and oxygen atoms in total. The van der Waals surface area contributed by atoms with Gasteiger partial charge in [-0.25, -0.2) is 21.6 Å². The first-order valence-electron chi connectivity index (χ1n) is 8.48. The summed E-state index contributed by atoms with van der Waals surface area (Å²) in [6.07, 6.45) is 2.51. The minimum Gasteiger partial charge on any atom is -0.329 e. The van der Waals surface area contributed by atoms with Crippen molar-refractivity contribution in [2.75, 3.05) is 17.0 Å². The molecule has 0 atom stereocenters. The van der Waals surface area contributed by atoms with E-state index in [1.807, 2.05) is 20.8 Å². The molecule has 0 radical (unpaired) electrons. The van der Waals surface area contributed by atoms with Crippen LogP contribution in [0.3, 0.4) is 0 Å². The van der Waals surface area contributed by atoms with Crippen LogP contribution in [0.2, 0.25) is 0 Å².